The number of rotatable bonds is 2. The van der Waals surface area contributed by atoms with Gasteiger partial charge in [-0.3, -0.25) is 4.67 Å². The predicted octanol–water partition coefficient (Wildman–Crippen LogP) is 3.38. The number of aromatic carboxylic acids is 1. The van der Waals surface area contributed by atoms with E-state index in [2.05, 4.69) is 30.0 Å². The maximum Gasteiger partial charge on any atom is 0.335 e. The van der Waals surface area contributed by atoms with Gasteiger partial charge in [-0.1, -0.05) is 43.0 Å². The second-order valence-corrected chi connectivity index (χ2v) is 5.86. The van der Waals surface area contributed by atoms with Crippen molar-refractivity contribution in [2.24, 2.45) is 0 Å². The normalized spacial score (nSPS) is 16.7. The average molecular weight is 328 g/mol. The molecule has 2 rings (SSSR count). The molecule has 1 aromatic rings. The molecule has 1 aliphatic heterocycles. The molecule has 1 atom stereocenters. The van der Waals surface area contributed by atoms with Crippen LogP contribution in [0.3, 0.4) is 0 Å². The van der Waals surface area contributed by atoms with E-state index in [1.54, 1.807) is 12.1 Å². The van der Waals surface area contributed by atoms with Crippen LogP contribution in [0.1, 0.15) is 28.8 Å². The van der Waals surface area contributed by atoms with Crippen LogP contribution in [0.5, 0.6) is 0 Å². The summed E-state index contributed by atoms with van der Waals surface area (Å²) < 4.78 is 3.34. The lowest BCUT2D eigenvalue weighted by Gasteiger charge is -2.25. The Balaban J connectivity index is 2.20. The highest BCUT2D eigenvalue weighted by atomic mass is 79.9. The number of piperidine rings is 1. The molecule has 1 aromatic carbocycles. The average Bonchev–Trinajstić information content (AvgIpc) is 2.39. The van der Waals surface area contributed by atoms with Crippen molar-refractivity contribution in [2.75, 3.05) is 13.1 Å². The van der Waals surface area contributed by atoms with E-state index in [1.807, 2.05) is 12.1 Å². The summed E-state index contributed by atoms with van der Waals surface area (Å²) in [6.45, 7) is 2.09. The Morgan fingerprint density at radius 1 is 1.17 bits per heavy atom. The number of carbonyl (C=O) groups is 1. The minimum Gasteiger partial charge on any atom is -0.478 e. The van der Waals surface area contributed by atoms with Crippen LogP contribution in [0, 0.1) is 0 Å². The highest BCUT2D eigenvalue weighted by Crippen LogP contribution is 2.32. The van der Waals surface area contributed by atoms with Crippen molar-refractivity contribution in [1.82, 2.24) is 4.67 Å². The largest absolute Gasteiger partial charge is 0.478 e. The van der Waals surface area contributed by atoms with Gasteiger partial charge in [0, 0.05) is 17.6 Å². The monoisotopic (exact) mass is 327 g/mol. The molecule has 0 saturated carbocycles. The van der Waals surface area contributed by atoms with Crippen LogP contribution in [0.4, 0.5) is 0 Å². The maximum atomic E-state index is 10.8. The second kappa shape index (κ2) is 5.96. The number of hydrogen-bond acceptors (Lipinski definition) is 2. The summed E-state index contributed by atoms with van der Waals surface area (Å²) >= 11 is 3.64. The summed E-state index contributed by atoms with van der Waals surface area (Å²) in [5, 5.41) is 8.86. The van der Waals surface area contributed by atoms with Crippen LogP contribution in [0.2, 0.25) is 0 Å². The number of nitrogens with zero attached hydrogens (tertiary/aromatic N) is 1. The van der Waals surface area contributed by atoms with Gasteiger partial charge in [0.1, 0.15) is 0 Å². The molecular formula is C13H15BrNO2P. The van der Waals surface area contributed by atoms with Gasteiger partial charge < -0.3 is 5.11 Å². The first-order chi connectivity index (χ1) is 8.58. The van der Waals surface area contributed by atoms with E-state index in [1.165, 1.54) is 5.57 Å². The molecule has 1 aliphatic rings. The highest BCUT2D eigenvalue weighted by Gasteiger charge is 2.14. The van der Waals surface area contributed by atoms with Crippen molar-refractivity contribution in [3.05, 3.63) is 41.0 Å². The Kier molecular flexibility index (Phi) is 4.55. The van der Waals surface area contributed by atoms with Crippen molar-refractivity contribution in [2.45, 2.75) is 12.8 Å². The topological polar surface area (TPSA) is 40.5 Å². The van der Waals surface area contributed by atoms with Crippen molar-refractivity contribution < 1.29 is 9.90 Å². The van der Waals surface area contributed by atoms with Gasteiger partial charge in [-0.2, -0.15) is 0 Å². The molecule has 0 spiro atoms. The molecule has 1 saturated heterocycles. The zero-order chi connectivity index (χ0) is 13.1. The Bertz CT molecular complexity index is 474. The molecule has 96 valence electrons. The van der Waals surface area contributed by atoms with Gasteiger partial charge in [-0.05, 0) is 30.5 Å². The molecule has 18 heavy (non-hydrogen) atoms. The molecule has 1 unspecified atom stereocenters. The standard InChI is InChI=1S/C13H15BrNO2P/c14-12(10-5-7-15(18)8-6-10)9-1-3-11(4-2-9)13(16)17/h1-4H,5-8,18H2,(H,16,17). The van der Waals surface area contributed by atoms with Crippen LogP contribution < -0.4 is 0 Å². The summed E-state index contributed by atoms with van der Waals surface area (Å²) in [6.07, 6.45) is 2.09. The fourth-order valence-electron chi connectivity index (χ4n) is 1.98. The summed E-state index contributed by atoms with van der Waals surface area (Å²) in [4.78, 5) is 10.8. The molecule has 0 amide bonds. The molecular weight excluding hydrogens is 313 g/mol. The van der Waals surface area contributed by atoms with Crippen LogP contribution in [-0.4, -0.2) is 28.8 Å². The first kappa shape index (κ1) is 13.7. The molecule has 0 radical (unpaired) electrons. The van der Waals surface area contributed by atoms with Crippen LogP contribution in [0.15, 0.2) is 29.8 Å². The Morgan fingerprint density at radius 3 is 2.17 bits per heavy atom. The predicted molar refractivity (Wildman–Crippen MR) is 79.8 cm³/mol. The van der Waals surface area contributed by atoms with E-state index < -0.39 is 5.97 Å². The number of benzene rings is 1. The molecule has 3 nitrogen and oxygen atoms in total. The zero-order valence-corrected chi connectivity index (χ0v) is 12.6. The third-order valence-corrected chi connectivity index (χ3v) is 4.63. The fraction of sp³-hybridized carbons (Fsp3) is 0.308. The van der Waals surface area contributed by atoms with Gasteiger partial charge in [0.15, 0.2) is 0 Å². The Hall–Kier alpha value is -0.700. The molecule has 5 heteroatoms. The second-order valence-electron chi connectivity index (χ2n) is 4.34. The van der Waals surface area contributed by atoms with Crippen LogP contribution >= 0.6 is 25.3 Å². The molecule has 1 heterocycles. The third kappa shape index (κ3) is 3.19. The van der Waals surface area contributed by atoms with Gasteiger partial charge >= 0.3 is 5.97 Å². The van der Waals surface area contributed by atoms with Crippen molar-refractivity contribution in [3.63, 3.8) is 0 Å². The fourth-order valence-corrected chi connectivity index (χ4v) is 2.90. The van der Waals surface area contributed by atoms with E-state index in [0.717, 1.165) is 36.0 Å². The maximum absolute atomic E-state index is 10.8. The number of hydrogen-bond donors (Lipinski definition) is 1. The lowest BCUT2D eigenvalue weighted by molar-refractivity contribution is 0.0697. The molecule has 0 bridgehead atoms. The summed E-state index contributed by atoms with van der Waals surface area (Å²) in [6, 6.07) is 7.00. The quantitative estimate of drug-likeness (QED) is 0.846. The molecule has 0 aliphatic carbocycles. The minimum atomic E-state index is -0.887. The number of carboxylic acids is 1. The van der Waals surface area contributed by atoms with Crippen molar-refractivity contribution in [1.29, 1.82) is 0 Å². The Labute approximate surface area is 117 Å². The SMILES string of the molecule is O=C(O)c1ccc(C(Br)=C2CCN(P)CC2)cc1. The summed E-state index contributed by atoms with van der Waals surface area (Å²) in [5.74, 6) is -0.887. The first-order valence-corrected chi connectivity index (χ1v) is 7.10. The zero-order valence-electron chi connectivity index (χ0n) is 9.90. The smallest absolute Gasteiger partial charge is 0.335 e. The van der Waals surface area contributed by atoms with Gasteiger partial charge in [0.05, 0.1) is 5.56 Å². The lowest BCUT2D eigenvalue weighted by atomic mass is 10.0. The number of carboxylic acid groups (broad SMARTS) is 1. The summed E-state index contributed by atoms with van der Waals surface area (Å²) in [7, 11) is 2.73. The van der Waals surface area contributed by atoms with Gasteiger partial charge in [0.2, 0.25) is 0 Å². The van der Waals surface area contributed by atoms with Crippen LogP contribution in [-0.2, 0) is 0 Å². The minimum absolute atomic E-state index is 0.323. The van der Waals surface area contributed by atoms with Gasteiger partial charge in [-0.15, -0.1) is 0 Å². The lowest BCUT2D eigenvalue weighted by Crippen LogP contribution is -2.21. The Morgan fingerprint density at radius 2 is 1.67 bits per heavy atom. The van der Waals surface area contributed by atoms with E-state index >= 15 is 0 Å². The van der Waals surface area contributed by atoms with Crippen molar-refractivity contribution in [3.8, 4) is 0 Å². The van der Waals surface area contributed by atoms with Gasteiger partial charge in [0.25, 0.3) is 0 Å². The van der Waals surface area contributed by atoms with E-state index in [9.17, 15) is 4.79 Å². The molecule has 1 N–H and O–H groups in total. The highest BCUT2D eigenvalue weighted by molar-refractivity contribution is 9.15. The molecule has 0 aromatic heterocycles. The summed E-state index contributed by atoms with van der Waals surface area (Å²) in [5.41, 5.74) is 2.77. The van der Waals surface area contributed by atoms with Crippen molar-refractivity contribution >= 4 is 35.8 Å². The van der Waals surface area contributed by atoms with E-state index in [0.29, 0.717) is 5.56 Å². The van der Waals surface area contributed by atoms with E-state index in [4.69, 9.17) is 5.11 Å². The first-order valence-electron chi connectivity index (χ1n) is 5.79. The van der Waals surface area contributed by atoms with E-state index in [-0.39, 0.29) is 0 Å². The number of halogens is 1. The van der Waals surface area contributed by atoms with Gasteiger partial charge in [-0.25, -0.2) is 4.79 Å². The molecule has 1 fully saturated rings. The van der Waals surface area contributed by atoms with Crippen LogP contribution in [0.25, 0.3) is 4.48 Å². The third-order valence-electron chi connectivity index (χ3n) is 3.10.